The number of sulfonamides is 1. The number of piperidine rings is 1. The first-order valence-corrected chi connectivity index (χ1v) is 13.1. The number of carbonyl (C=O) groups excluding carboxylic acids is 1. The minimum Gasteiger partial charge on any atom is -0.494 e. The Labute approximate surface area is 198 Å². The highest BCUT2D eigenvalue weighted by Gasteiger charge is 2.34. The fourth-order valence-corrected chi connectivity index (χ4v) is 6.09. The van der Waals surface area contributed by atoms with Crippen molar-refractivity contribution < 1.29 is 17.9 Å². The minimum absolute atomic E-state index is 0.0945. The van der Waals surface area contributed by atoms with Crippen LogP contribution in [0.25, 0.3) is 0 Å². The van der Waals surface area contributed by atoms with Crippen molar-refractivity contribution in [3.8, 4) is 5.75 Å². The number of hydrogen-bond donors (Lipinski definition) is 1. The van der Waals surface area contributed by atoms with E-state index in [0.717, 1.165) is 16.7 Å². The van der Waals surface area contributed by atoms with Crippen LogP contribution in [-0.2, 0) is 14.8 Å². The summed E-state index contributed by atoms with van der Waals surface area (Å²) in [4.78, 5) is 13.3. The molecule has 3 rings (SSSR count). The van der Waals surface area contributed by atoms with Crippen molar-refractivity contribution >= 4 is 15.9 Å². The van der Waals surface area contributed by atoms with Gasteiger partial charge in [0, 0.05) is 13.1 Å². The van der Waals surface area contributed by atoms with Crippen molar-refractivity contribution in [1.29, 1.82) is 0 Å². The molecule has 2 aromatic rings. The van der Waals surface area contributed by atoms with E-state index >= 15 is 0 Å². The number of amides is 1. The molecule has 0 saturated carbocycles. The quantitative estimate of drug-likeness (QED) is 0.639. The Morgan fingerprint density at radius 3 is 2.45 bits per heavy atom. The maximum absolute atomic E-state index is 13.3. The summed E-state index contributed by atoms with van der Waals surface area (Å²) in [5.41, 5.74) is 5.44. The molecular weight excluding hydrogens is 436 g/mol. The third kappa shape index (κ3) is 5.58. The van der Waals surface area contributed by atoms with Crippen LogP contribution in [0, 0.1) is 33.6 Å². The summed E-state index contributed by atoms with van der Waals surface area (Å²) in [7, 11) is -3.68. The summed E-state index contributed by atoms with van der Waals surface area (Å²) in [5.74, 6) is 0.220. The molecule has 1 fully saturated rings. The molecule has 0 unspecified atom stereocenters. The molecule has 1 amide bonds. The van der Waals surface area contributed by atoms with Crippen molar-refractivity contribution in [2.75, 3.05) is 19.7 Å². The third-order valence-electron chi connectivity index (χ3n) is 6.55. The number of nitrogens with zero attached hydrogens (tertiary/aromatic N) is 1. The smallest absolute Gasteiger partial charge is 0.243 e. The van der Waals surface area contributed by atoms with E-state index in [4.69, 9.17) is 4.74 Å². The van der Waals surface area contributed by atoms with E-state index in [9.17, 15) is 13.2 Å². The number of ether oxygens (including phenoxy) is 1. The van der Waals surface area contributed by atoms with Crippen LogP contribution in [0.15, 0.2) is 35.2 Å². The Kier molecular flexibility index (Phi) is 7.85. The maximum Gasteiger partial charge on any atom is 0.243 e. The van der Waals surface area contributed by atoms with Crippen LogP contribution >= 0.6 is 0 Å². The van der Waals surface area contributed by atoms with Gasteiger partial charge in [-0.05, 0) is 100 Å². The van der Waals surface area contributed by atoms with Gasteiger partial charge in [0.05, 0.1) is 23.5 Å². The van der Waals surface area contributed by atoms with Crippen LogP contribution in [0.3, 0.4) is 0 Å². The van der Waals surface area contributed by atoms with Crippen molar-refractivity contribution in [1.82, 2.24) is 9.62 Å². The molecule has 0 radical (unpaired) electrons. The molecule has 1 aliphatic heterocycles. The Morgan fingerprint density at radius 1 is 1.09 bits per heavy atom. The molecule has 7 heteroatoms. The molecule has 1 N–H and O–H groups in total. The Bertz CT molecular complexity index is 1130. The third-order valence-corrected chi connectivity index (χ3v) is 8.41. The maximum atomic E-state index is 13.3. The monoisotopic (exact) mass is 472 g/mol. The number of aryl methyl sites for hydroxylation is 4. The molecule has 6 nitrogen and oxygen atoms in total. The van der Waals surface area contributed by atoms with E-state index in [1.54, 1.807) is 18.2 Å². The molecule has 0 aliphatic carbocycles. The molecule has 0 aromatic heterocycles. The van der Waals surface area contributed by atoms with Gasteiger partial charge < -0.3 is 10.1 Å². The van der Waals surface area contributed by atoms with E-state index < -0.39 is 10.0 Å². The Balaban J connectivity index is 1.72. The van der Waals surface area contributed by atoms with Gasteiger partial charge in [0.2, 0.25) is 15.9 Å². The number of carbonyl (C=O) groups is 1. The first-order valence-electron chi connectivity index (χ1n) is 11.7. The van der Waals surface area contributed by atoms with Gasteiger partial charge >= 0.3 is 0 Å². The summed E-state index contributed by atoms with van der Waals surface area (Å²) in [6.45, 7) is 13.1. The molecule has 0 spiro atoms. The number of rotatable bonds is 7. The average Bonchev–Trinajstić information content (AvgIpc) is 2.77. The first-order chi connectivity index (χ1) is 15.5. The lowest BCUT2D eigenvalue weighted by molar-refractivity contribution is -0.126. The van der Waals surface area contributed by atoms with Crippen LogP contribution in [0.1, 0.15) is 60.5 Å². The molecule has 1 saturated heterocycles. The van der Waals surface area contributed by atoms with Crippen LogP contribution in [0.2, 0.25) is 0 Å². The summed E-state index contributed by atoms with van der Waals surface area (Å²) in [5, 5.41) is 3.12. The van der Waals surface area contributed by atoms with Gasteiger partial charge in [-0.2, -0.15) is 4.31 Å². The normalized spacial score (nSPS) is 18.1. The summed E-state index contributed by atoms with van der Waals surface area (Å²) in [6.07, 6.45) is 1.34. The SMILES string of the molecule is CCOc1ccc(S(=O)(=O)N2CCC[C@H](C(=O)N[C@H](C)c3cc(C)c(C)cc3C)C2)cc1C. The fourth-order valence-electron chi connectivity index (χ4n) is 4.48. The first kappa shape index (κ1) is 25.2. The Hall–Kier alpha value is -2.38. The van der Waals surface area contributed by atoms with Crippen molar-refractivity contribution in [3.63, 3.8) is 0 Å². The highest BCUT2D eigenvalue weighted by Crippen LogP contribution is 2.28. The summed E-state index contributed by atoms with van der Waals surface area (Å²) in [6, 6.07) is 9.06. The van der Waals surface area contributed by atoms with Gasteiger partial charge in [-0.3, -0.25) is 4.79 Å². The fraction of sp³-hybridized carbons (Fsp3) is 0.500. The molecule has 2 aromatic carbocycles. The lowest BCUT2D eigenvalue weighted by atomic mass is 9.95. The predicted molar refractivity (Wildman–Crippen MR) is 131 cm³/mol. The second kappa shape index (κ2) is 10.3. The summed E-state index contributed by atoms with van der Waals surface area (Å²) < 4.78 is 33.6. The largest absolute Gasteiger partial charge is 0.494 e. The molecule has 1 heterocycles. The lowest BCUT2D eigenvalue weighted by Crippen LogP contribution is -2.45. The molecular formula is C26H36N2O4S. The average molecular weight is 473 g/mol. The highest BCUT2D eigenvalue weighted by atomic mass is 32.2. The van der Waals surface area contributed by atoms with Gasteiger partial charge in [-0.25, -0.2) is 8.42 Å². The van der Waals surface area contributed by atoms with Gasteiger partial charge in [0.1, 0.15) is 5.75 Å². The van der Waals surface area contributed by atoms with Gasteiger partial charge in [0.25, 0.3) is 0 Å². The number of nitrogens with one attached hydrogen (secondary N) is 1. The second-order valence-corrected chi connectivity index (χ2v) is 11.0. The van der Waals surface area contributed by atoms with Crippen LogP contribution < -0.4 is 10.1 Å². The number of hydrogen-bond acceptors (Lipinski definition) is 4. The van der Waals surface area contributed by atoms with Crippen LogP contribution in [0.5, 0.6) is 5.75 Å². The van der Waals surface area contributed by atoms with Gasteiger partial charge in [-0.15, -0.1) is 0 Å². The van der Waals surface area contributed by atoms with Crippen molar-refractivity contribution in [2.45, 2.75) is 65.3 Å². The van der Waals surface area contributed by atoms with Crippen molar-refractivity contribution in [3.05, 3.63) is 58.1 Å². The predicted octanol–water partition coefficient (Wildman–Crippen LogP) is 4.60. The van der Waals surface area contributed by atoms with Crippen LogP contribution in [-0.4, -0.2) is 38.3 Å². The van der Waals surface area contributed by atoms with Gasteiger partial charge in [-0.1, -0.05) is 12.1 Å². The standard InChI is InChI=1S/C26H36N2O4S/c1-7-32-25-11-10-23(14-20(25)5)33(30,31)28-12-8-9-22(16-28)26(29)27-21(6)24-15-18(3)17(2)13-19(24)4/h10-11,13-15,21-22H,7-9,12,16H2,1-6H3,(H,27,29)/t21-,22+/m1/s1. The lowest BCUT2D eigenvalue weighted by Gasteiger charge is -2.32. The zero-order chi connectivity index (χ0) is 24.3. The highest BCUT2D eigenvalue weighted by molar-refractivity contribution is 7.89. The van der Waals surface area contributed by atoms with E-state index in [1.807, 2.05) is 20.8 Å². The zero-order valence-corrected chi connectivity index (χ0v) is 21.4. The molecule has 0 bridgehead atoms. The Morgan fingerprint density at radius 2 is 1.79 bits per heavy atom. The molecule has 33 heavy (non-hydrogen) atoms. The van der Waals surface area contributed by atoms with E-state index in [2.05, 4.69) is 38.2 Å². The molecule has 2 atom stereocenters. The molecule has 180 valence electrons. The minimum atomic E-state index is -3.68. The van der Waals surface area contributed by atoms with E-state index in [1.165, 1.54) is 15.4 Å². The van der Waals surface area contributed by atoms with E-state index in [-0.39, 0.29) is 29.3 Å². The molecule has 1 aliphatic rings. The van der Waals surface area contributed by atoms with Gasteiger partial charge in [0.15, 0.2) is 0 Å². The zero-order valence-electron chi connectivity index (χ0n) is 20.6. The number of benzene rings is 2. The topological polar surface area (TPSA) is 75.7 Å². The van der Waals surface area contributed by atoms with Crippen molar-refractivity contribution in [2.24, 2.45) is 5.92 Å². The second-order valence-electron chi connectivity index (χ2n) is 9.09. The van der Waals surface area contributed by atoms with E-state index in [0.29, 0.717) is 31.7 Å². The van der Waals surface area contributed by atoms with Crippen LogP contribution in [0.4, 0.5) is 0 Å². The summed E-state index contributed by atoms with van der Waals surface area (Å²) >= 11 is 0.